The van der Waals surface area contributed by atoms with Crippen LogP contribution < -0.4 is 19.5 Å². The van der Waals surface area contributed by atoms with E-state index in [4.69, 9.17) is 38.2 Å². The minimum atomic E-state index is -1.71. The van der Waals surface area contributed by atoms with Gasteiger partial charge in [0.1, 0.15) is 47.3 Å². The normalized spacial score (nSPS) is 35.3. The SMILES string of the molecule is CC(C)=CCCC1(C)C=Cc2c(c(CC=C(C)C)c3c(c2O[C@H]2O[C@H]4COC(C)(C)O[C@@H]4[C@@H](O)[C@@H]2O)C2=C4C(C5CC6C(C)(C)OC(C/C=C(/C)C(=O)NCCO)(C5=O)C46O3)C3C(=O)c4ccccc4C3=N2)O1. The van der Waals surface area contributed by atoms with E-state index >= 15 is 9.59 Å². The lowest BCUT2D eigenvalue weighted by atomic mass is 9.43. The van der Waals surface area contributed by atoms with Crippen molar-refractivity contribution in [3.63, 3.8) is 0 Å². The molecule has 2 aromatic carbocycles. The number of aliphatic imine (C=N–C) groups is 1. The van der Waals surface area contributed by atoms with E-state index in [1.807, 2.05) is 71.0 Å². The Morgan fingerprint density at radius 1 is 0.945 bits per heavy atom. The second-order valence-corrected chi connectivity index (χ2v) is 23.1. The number of nitrogens with one attached hydrogen (secondary N) is 1. The van der Waals surface area contributed by atoms with Gasteiger partial charge in [-0.25, -0.2) is 0 Å². The zero-order chi connectivity index (χ0) is 51.9. The maximum Gasteiger partial charge on any atom is 0.246 e. The summed E-state index contributed by atoms with van der Waals surface area (Å²) < 4.78 is 48.4. The van der Waals surface area contributed by atoms with Gasteiger partial charge < -0.3 is 53.8 Å². The van der Waals surface area contributed by atoms with Gasteiger partial charge in [-0.3, -0.25) is 19.4 Å². The molecular weight excluding hydrogens is 933 g/mol. The number of aliphatic hydroxyl groups excluding tert-OH is 3. The third-order valence-corrected chi connectivity index (χ3v) is 16.8. The van der Waals surface area contributed by atoms with Crippen molar-refractivity contribution in [3.05, 3.63) is 98.7 Å². The monoisotopic (exact) mass is 1000 g/mol. The van der Waals surface area contributed by atoms with Crippen molar-refractivity contribution in [1.82, 2.24) is 5.32 Å². The lowest BCUT2D eigenvalue weighted by Crippen LogP contribution is -2.75. The molecule has 2 aromatic rings. The van der Waals surface area contributed by atoms with Crippen molar-refractivity contribution in [1.29, 1.82) is 0 Å². The first-order valence-electron chi connectivity index (χ1n) is 25.9. The number of hydrogen-bond acceptors (Lipinski definition) is 14. The van der Waals surface area contributed by atoms with Crippen LogP contribution in [-0.2, 0) is 35.0 Å². The van der Waals surface area contributed by atoms with Crippen molar-refractivity contribution in [2.75, 3.05) is 19.8 Å². The zero-order valence-electron chi connectivity index (χ0n) is 43.4. The van der Waals surface area contributed by atoms with Crippen LogP contribution >= 0.6 is 0 Å². The average molecular weight is 1000 g/mol. The molecule has 1 amide bonds. The van der Waals surface area contributed by atoms with Crippen LogP contribution in [0.1, 0.15) is 128 Å². The van der Waals surface area contributed by atoms with Crippen molar-refractivity contribution in [2.45, 2.75) is 160 Å². The predicted molar refractivity (Wildman–Crippen MR) is 270 cm³/mol. The molecule has 15 nitrogen and oxygen atoms in total. The van der Waals surface area contributed by atoms with E-state index in [-0.39, 0.29) is 43.5 Å². The molecule has 3 saturated heterocycles. The Hall–Kier alpha value is -5.26. The molecule has 6 heterocycles. The summed E-state index contributed by atoms with van der Waals surface area (Å²) in [6, 6.07) is 7.43. The fourth-order valence-electron chi connectivity index (χ4n) is 13.5. The van der Waals surface area contributed by atoms with Gasteiger partial charge in [0.2, 0.25) is 12.2 Å². The number of amides is 1. The van der Waals surface area contributed by atoms with Crippen LogP contribution in [0.5, 0.6) is 17.2 Å². The van der Waals surface area contributed by atoms with E-state index in [1.165, 1.54) is 5.57 Å². The quantitative estimate of drug-likeness (QED) is 0.124. The summed E-state index contributed by atoms with van der Waals surface area (Å²) in [6.45, 7) is 19.2. The maximum absolute atomic E-state index is 16.1. The van der Waals surface area contributed by atoms with Crippen LogP contribution in [0, 0.1) is 23.7 Å². The third-order valence-electron chi connectivity index (χ3n) is 16.8. The van der Waals surface area contributed by atoms with Crippen molar-refractivity contribution < 1.29 is 62.9 Å². The second-order valence-electron chi connectivity index (χ2n) is 23.1. The number of benzene rings is 2. The van der Waals surface area contributed by atoms with Crippen LogP contribution in [0.4, 0.5) is 0 Å². The topological polar surface area (TPSA) is 201 Å². The lowest BCUT2D eigenvalue weighted by molar-refractivity contribution is -0.373. The molecule has 6 fully saturated rings. The number of allylic oxidation sites excluding steroid dienone is 4. The Kier molecular flexibility index (Phi) is 11.9. The number of carbonyl (C=O) groups excluding carboxylic acids is 3. The first-order valence-corrected chi connectivity index (χ1v) is 25.9. The molecule has 0 aromatic heterocycles. The molecule has 1 spiro atoms. The Morgan fingerprint density at radius 3 is 2.41 bits per heavy atom. The van der Waals surface area contributed by atoms with Gasteiger partial charge in [0.05, 0.1) is 47.3 Å². The molecule has 10 aliphatic rings. The van der Waals surface area contributed by atoms with Gasteiger partial charge in [-0.05, 0) is 107 Å². The zero-order valence-corrected chi connectivity index (χ0v) is 43.4. The molecule has 6 aliphatic heterocycles. The molecule has 3 saturated carbocycles. The van der Waals surface area contributed by atoms with Gasteiger partial charge in [-0.15, -0.1) is 0 Å². The molecule has 4 bridgehead atoms. The number of ketones is 2. The molecule has 388 valence electrons. The van der Waals surface area contributed by atoms with Gasteiger partial charge >= 0.3 is 0 Å². The number of ether oxygens (including phenoxy) is 7. The van der Waals surface area contributed by atoms with Crippen LogP contribution in [-0.4, -0.2) is 117 Å². The number of nitrogens with zero attached hydrogens (tertiary/aromatic N) is 1. The van der Waals surface area contributed by atoms with E-state index in [0.717, 1.165) is 12.0 Å². The minimum absolute atomic E-state index is 0.0440. The number of aliphatic hydroxyl groups is 3. The van der Waals surface area contributed by atoms with E-state index in [2.05, 4.69) is 31.3 Å². The predicted octanol–water partition coefficient (Wildman–Crippen LogP) is 7.07. The first kappa shape index (κ1) is 49.9. The van der Waals surface area contributed by atoms with Crippen LogP contribution in [0.25, 0.3) is 11.8 Å². The lowest BCUT2D eigenvalue weighted by Gasteiger charge is -2.62. The second kappa shape index (κ2) is 17.4. The smallest absolute Gasteiger partial charge is 0.246 e. The summed E-state index contributed by atoms with van der Waals surface area (Å²) in [5.41, 5.74) is 2.00. The van der Waals surface area contributed by atoms with Gasteiger partial charge in [0.15, 0.2) is 28.6 Å². The fourth-order valence-corrected chi connectivity index (χ4v) is 13.5. The van der Waals surface area contributed by atoms with E-state index in [9.17, 15) is 20.1 Å². The van der Waals surface area contributed by atoms with Crippen molar-refractivity contribution in [2.24, 2.45) is 28.7 Å². The molecule has 7 unspecified atom stereocenters. The molecule has 15 heteroatoms. The Bertz CT molecular complexity index is 2910. The Labute approximate surface area is 426 Å². The first-order chi connectivity index (χ1) is 34.6. The van der Waals surface area contributed by atoms with E-state index in [0.29, 0.717) is 81.1 Å². The summed E-state index contributed by atoms with van der Waals surface area (Å²) in [5.74, 6) is -3.41. The number of Topliss-reactive ketones (excluding diaryl/α,β-unsaturated/α-hetero) is 2. The molecular formula is C58H68N2O13. The highest BCUT2D eigenvalue weighted by Gasteiger charge is 2.84. The van der Waals surface area contributed by atoms with Crippen molar-refractivity contribution in [3.8, 4) is 17.2 Å². The summed E-state index contributed by atoms with van der Waals surface area (Å²) in [4.78, 5) is 50.1. The molecule has 73 heavy (non-hydrogen) atoms. The highest BCUT2D eigenvalue weighted by atomic mass is 16.8. The molecule has 4 aliphatic carbocycles. The standard InChI is InChI=1S/C58H68N2O13/c1-28(2)14-13-21-56(10)22-20-34-47(71-56)33(18-17-29(3)4)49-40(48(34)69-53-46(64)45(63)50-36(68-53)27-67-55(8,9)70-50)43-41-38(39-42(60-43)31-15-11-12-16-32(31)44(39)62)35-26-37-54(6,7)73-57(51(35)65,58(37,41)72-49)23-19-30(5)52(66)59-24-25-61/h11-12,14-17,19-20,22,35-39,45-46,50,53,61,63-64H,13,18,21,23-27H2,1-10H3,(H,59,66)/b30-19-/t35?,36-,37?,38?,39?,45-,46-,50-,53+,56?,57?,58?/m0/s1. The van der Waals surface area contributed by atoms with Gasteiger partial charge in [0.25, 0.3) is 0 Å². The van der Waals surface area contributed by atoms with Crippen molar-refractivity contribution >= 4 is 35.0 Å². The third kappa shape index (κ3) is 7.45. The van der Waals surface area contributed by atoms with Crippen LogP contribution in [0.3, 0.4) is 0 Å². The largest absolute Gasteiger partial charge is 0.482 e. The summed E-state index contributed by atoms with van der Waals surface area (Å²) >= 11 is 0. The van der Waals surface area contributed by atoms with Gasteiger partial charge in [-0.1, -0.05) is 53.6 Å². The van der Waals surface area contributed by atoms with Crippen LogP contribution in [0.2, 0.25) is 0 Å². The Morgan fingerprint density at radius 2 is 1.68 bits per heavy atom. The van der Waals surface area contributed by atoms with Gasteiger partial charge in [0, 0.05) is 58.6 Å². The Balaban J connectivity index is 1.20. The summed E-state index contributed by atoms with van der Waals surface area (Å²) in [7, 11) is 0. The minimum Gasteiger partial charge on any atom is -0.482 e. The summed E-state index contributed by atoms with van der Waals surface area (Å²) in [6.07, 6.45) is 5.78. The van der Waals surface area contributed by atoms with Gasteiger partial charge in [-0.2, -0.15) is 0 Å². The number of fused-ring (bicyclic) bond motifs is 7. The summed E-state index contributed by atoms with van der Waals surface area (Å²) in [5, 5.41) is 36.1. The van der Waals surface area contributed by atoms with Crippen LogP contribution in [0.15, 0.2) is 75.9 Å². The van der Waals surface area contributed by atoms with E-state index in [1.54, 1.807) is 26.8 Å². The van der Waals surface area contributed by atoms with E-state index < -0.39 is 88.5 Å². The fraction of sp³-hybridized carbons (Fsp3) is 0.552. The average Bonchev–Trinajstić information content (AvgIpc) is 3.70. The molecule has 12 atom stereocenters. The molecule has 12 rings (SSSR count). The highest BCUT2D eigenvalue weighted by Crippen LogP contribution is 2.75. The molecule has 0 radical (unpaired) electrons. The number of carbonyl (C=O) groups is 3. The highest BCUT2D eigenvalue weighted by molar-refractivity contribution is 6.31. The number of rotatable bonds is 12. The molecule has 4 N–H and O–H groups in total. The number of hydrogen-bond donors (Lipinski definition) is 4. The maximum atomic E-state index is 16.1.